The summed E-state index contributed by atoms with van der Waals surface area (Å²) in [5.74, 6) is 1.77. The topological polar surface area (TPSA) is 83.5 Å². The first kappa shape index (κ1) is 17.7. The fourth-order valence-electron chi connectivity index (χ4n) is 6.81. The molecule has 0 bridgehead atoms. The van der Waals surface area contributed by atoms with Gasteiger partial charge in [0.05, 0.1) is 6.10 Å². The Bertz CT molecular complexity index is 726. The third-order valence-electron chi connectivity index (χ3n) is 8.11. The van der Waals surface area contributed by atoms with Gasteiger partial charge in [0.1, 0.15) is 0 Å². The highest BCUT2D eigenvalue weighted by Crippen LogP contribution is 2.65. The monoisotopic (exact) mass is 367 g/mol. The van der Waals surface area contributed by atoms with Crippen LogP contribution in [0.1, 0.15) is 65.2 Å². The molecule has 0 spiro atoms. The molecule has 0 aromatic carbocycles. The molecule has 0 heterocycles. The quantitative estimate of drug-likeness (QED) is 0.552. The Balaban J connectivity index is 1.62. The predicted molar refractivity (Wildman–Crippen MR) is 91.3 cm³/mol. The van der Waals surface area contributed by atoms with Gasteiger partial charge in [0, 0.05) is 6.42 Å². The van der Waals surface area contributed by atoms with Gasteiger partial charge in [0.25, 0.3) is 0 Å². The minimum atomic E-state index is -4.66. The number of ketones is 1. The van der Waals surface area contributed by atoms with Crippen LogP contribution in [0.25, 0.3) is 0 Å². The Morgan fingerprint density at radius 2 is 1.84 bits per heavy atom. The standard InChI is InChI=1S/C19H28O5S/c1-18-9-7-13(20)11-12(18)3-4-14-15-5-6-17(24-25(21,22)23)19(15,2)10-8-16(14)18/h11,14-17H,3-10H2,1-2H3,(H,21,22,23)/p-1. The van der Waals surface area contributed by atoms with Gasteiger partial charge < -0.3 is 4.55 Å². The maximum atomic E-state index is 11.9. The van der Waals surface area contributed by atoms with Crippen LogP contribution < -0.4 is 0 Å². The van der Waals surface area contributed by atoms with Crippen molar-refractivity contribution in [2.75, 3.05) is 0 Å². The number of hydrogen-bond donors (Lipinski definition) is 0. The number of allylic oxidation sites excluding steroid dienone is 1. The molecule has 0 aliphatic heterocycles. The molecule has 0 radical (unpaired) electrons. The lowest BCUT2D eigenvalue weighted by Gasteiger charge is -2.57. The van der Waals surface area contributed by atoms with E-state index in [0.29, 0.717) is 30.6 Å². The van der Waals surface area contributed by atoms with Crippen LogP contribution in [-0.2, 0) is 19.4 Å². The van der Waals surface area contributed by atoms with Gasteiger partial charge in [-0.1, -0.05) is 19.4 Å². The van der Waals surface area contributed by atoms with E-state index in [1.807, 2.05) is 6.08 Å². The summed E-state index contributed by atoms with van der Waals surface area (Å²) in [4.78, 5) is 11.9. The molecule has 3 saturated carbocycles. The minimum absolute atomic E-state index is 0.113. The molecule has 6 heteroatoms. The molecule has 0 N–H and O–H groups in total. The van der Waals surface area contributed by atoms with E-state index in [0.717, 1.165) is 38.5 Å². The number of rotatable bonds is 2. The van der Waals surface area contributed by atoms with Crippen LogP contribution in [0.4, 0.5) is 0 Å². The molecule has 140 valence electrons. The molecule has 4 rings (SSSR count). The van der Waals surface area contributed by atoms with Crippen LogP contribution in [0, 0.1) is 28.6 Å². The molecular weight excluding hydrogens is 340 g/mol. The smallest absolute Gasteiger partial charge is 0.217 e. The van der Waals surface area contributed by atoms with E-state index in [1.165, 1.54) is 5.57 Å². The summed E-state index contributed by atoms with van der Waals surface area (Å²) in [6.07, 6.45) is 8.57. The lowest BCUT2D eigenvalue weighted by molar-refractivity contribution is -0.117. The van der Waals surface area contributed by atoms with Crippen LogP contribution >= 0.6 is 0 Å². The Labute approximate surface area is 150 Å². The lowest BCUT2D eigenvalue weighted by Crippen LogP contribution is -2.51. The first-order valence-electron chi connectivity index (χ1n) is 9.51. The maximum absolute atomic E-state index is 11.9. The van der Waals surface area contributed by atoms with Crippen molar-refractivity contribution in [3.63, 3.8) is 0 Å². The van der Waals surface area contributed by atoms with E-state index >= 15 is 0 Å². The average Bonchev–Trinajstić information content (AvgIpc) is 2.83. The second-order valence-electron chi connectivity index (χ2n) is 9.08. The second-order valence-corrected chi connectivity index (χ2v) is 10.1. The van der Waals surface area contributed by atoms with Crippen molar-refractivity contribution in [3.05, 3.63) is 11.6 Å². The molecule has 0 saturated heterocycles. The third kappa shape index (κ3) is 2.72. The molecule has 0 amide bonds. The first-order chi connectivity index (χ1) is 11.6. The molecule has 4 aliphatic rings. The summed E-state index contributed by atoms with van der Waals surface area (Å²) < 4.78 is 38.4. The summed E-state index contributed by atoms with van der Waals surface area (Å²) in [7, 11) is -4.66. The first-order valence-corrected chi connectivity index (χ1v) is 10.8. The summed E-state index contributed by atoms with van der Waals surface area (Å²) in [6, 6.07) is 0. The van der Waals surface area contributed by atoms with Crippen LogP contribution in [0.15, 0.2) is 11.6 Å². The zero-order valence-corrected chi connectivity index (χ0v) is 15.8. The second kappa shape index (κ2) is 5.64. The fourth-order valence-corrected chi connectivity index (χ4v) is 7.41. The Morgan fingerprint density at radius 3 is 2.56 bits per heavy atom. The highest BCUT2D eigenvalue weighted by molar-refractivity contribution is 7.80. The Kier molecular flexibility index (Phi) is 3.99. The van der Waals surface area contributed by atoms with Crippen LogP contribution in [0.5, 0.6) is 0 Å². The number of carbonyl (C=O) groups is 1. The SMILES string of the molecule is CC12CCC(=O)C=C1CCC1C2CCC2(C)C(OS(=O)(=O)[O-])CCC12. The van der Waals surface area contributed by atoms with Crippen molar-refractivity contribution in [1.29, 1.82) is 0 Å². The predicted octanol–water partition coefficient (Wildman–Crippen LogP) is 3.36. The molecule has 6 unspecified atom stereocenters. The van der Waals surface area contributed by atoms with E-state index in [9.17, 15) is 17.8 Å². The van der Waals surface area contributed by atoms with Gasteiger partial charge in [-0.15, -0.1) is 0 Å². The number of hydrogen-bond acceptors (Lipinski definition) is 5. The van der Waals surface area contributed by atoms with Gasteiger partial charge in [0.15, 0.2) is 5.78 Å². The van der Waals surface area contributed by atoms with Crippen molar-refractivity contribution in [2.45, 2.75) is 71.3 Å². The fraction of sp³-hybridized carbons (Fsp3) is 0.842. The zero-order valence-electron chi connectivity index (χ0n) is 15.0. The molecule has 5 nitrogen and oxygen atoms in total. The van der Waals surface area contributed by atoms with Gasteiger partial charge in [-0.05, 0) is 79.6 Å². The van der Waals surface area contributed by atoms with E-state index in [4.69, 9.17) is 4.18 Å². The average molecular weight is 367 g/mol. The molecule has 0 aromatic rings. The number of carbonyl (C=O) groups excluding carboxylic acids is 1. The molecular formula is C19H27O5S-. The van der Waals surface area contributed by atoms with Gasteiger partial charge in [-0.25, -0.2) is 8.42 Å². The summed E-state index contributed by atoms with van der Waals surface area (Å²) >= 11 is 0. The minimum Gasteiger partial charge on any atom is -0.726 e. The van der Waals surface area contributed by atoms with E-state index in [1.54, 1.807) is 0 Å². The van der Waals surface area contributed by atoms with Crippen molar-refractivity contribution in [2.24, 2.45) is 28.6 Å². The van der Waals surface area contributed by atoms with Crippen LogP contribution in [0.2, 0.25) is 0 Å². The number of fused-ring (bicyclic) bond motifs is 5. The molecule has 4 aliphatic carbocycles. The van der Waals surface area contributed by atoms with E-state index < -0.39 is 16.5 Å². The van der Waals surface area contributed by atoms with Gasteiger partial charge in [0.2, 0.25) is 10.4 Å². The highest BCUT2D eigenvalue weighted by Gasteiger charge is 2.59. The zero-order chi connectivity index (χ0) is 18.0. The van der Waals surface area contributed by atoms with Crippen molar-refractivity contribution in [3.8, 4) is 0 Å². The van der Waals surface area contributed by atoms with Crippen molar-refractivity contribution >= 4 is 16.2 Å². The Morgan fingerprint density at radius 1 is 1.08 bits per heavy atom. The van der Waals surface area contributed by atoms with Gasteiger partial charge in [-0.3, -0.25) is 8.98 Å². The summed E-state index contributed by atoms with van der Waals surface area (Å²) in [6.45, 7) is 4.45. The van der Waals surface area contributed by atoms with Crippen LogP contribution in [-0.4, -0.2) is 24.9 Å². The third-order valence-corrected chi connectivity index (χ3v) is 8.58. The molecule has 25 heavy (non-hydrogen) atoms. The lowest BCUT2D eigenvalue weighted by atomic mass is 9.47. The molecule has 6 atom stereocenters. The summed E-state index contributed by atoms with van der Waals surface area (Å²) in [5.41, 5.74) is 1.23. The normalized spacial score (nSPS) is 46.8. The van der Waals surface area contributed by atoms with E-state index in [-0.39, 0.29) is 16.6 Å². The van der Waals surface area contributed by atoms with Crippen molar-refractivity contribution < 1.29 is 21.9 Å². The molecule has 0 aromatic heterocycles. The maximum Gasteiger partial charge on any atom is 0.217 e. The van der Waals surface area contributed by atoms with Crippen LogP contribution in [0.3, 0.4) is 0 Å². The van der Waals surface area contributed by atoms with Gasteiger partial charge >= 0.3 is 0 Å². The largest absolute Gasteiger partial charge is 0.726 e. The highest BCUT2D eigenvalue weighted by atomic mass is 32.3. The summed E-state index contributed by atoms with van der Waals surface area (Å²) in [5, 5.41) is 0. The molecule has 3 fully saturated rings. The van der Waals surface area contributed by atoms with Crippen molar-refractivity contribution in [1.82, 2.24) is 0 Å². The van der Waals surface area contributed by atoms with E-state index in [2.05, 4.69) is 13.8 Å². The Hall–Kier alpha value is -0.720. The van der Waals surface area contributed by atoms with Gasteiger partial charge in [-0.2, -0.15) is 0 Å².